The standard InChI is InChI=1S/C11H16O/c1-2-12-11-8-7-9-5-3-4-6-10(9)11/h2,11H,1,3-8H2. The lowest BCUT2D eigenvalue weighted by Gasteiger charge is -2.18. The summed E-state index contributed by atoms with van der Waals surface area (Å²) >= 11 is 0. The van der Waals surface area contributed by atoms with Crippen LogP contribution in [0.2, 0.25) is 0 Å². The molecular weight excluding hydrogens is 148 g/mol. The highest BCUT2D eigenvalue weighted by Crippen LogP contribution is 2.38. The first-order valence-electron chi connectivity index (χ1n) is 4.89. The molecule has 0 fully saturated rings. The summed E-state index contributed by atoms with van der Waals surface area (Å²) in [5.74, 6) is 0. The normalized spacial score (nSPS) is 28.5. The smallest absolute Gasteiger partial charge is 0.119 e. The van der Waals surface area contributed by atoms with Crippen molar-refractivity contribution in [3.05, 3.63) is 24.0 Å². The Morgan fingerprint density at radius 1 is 1.25 bits per heavy atom. The van der Waals surface area contributed by atoms with E-state index < -0.39 is 0 Å². The van der Waals surface area contributed by atoms with Gasteiger partial charge in [0.15, 0.2) is 0 Å². The van der Waals surface area contributed by atoms with Gasteiger partial charge in [-0.3, -0.25) is 0 Å². The maximum absolute atomic E-state index is 5.48. The minimum atomic E-state index is 0.387. The molecule has 2 aliphatic carbocycles. The molecule has 0 radical (unpaired) electrons. The first-order chi connectivity index (χ1) is 5.92. The lowest BCUT2D eigenvalue weighted by Crippen LogP contribution is -2.10. The van der Waals surface area contributed by atoms with Gasteiger partial charge in [0.2, 0.25) is 0 Å². The maximum atomic E-state index is 5.48. The molecular formula is C11H16O. The monoisotopic (exact) mass is 164 g/mol. The van der Waals surface area contributed by atoms with E-state index in [1.807, 2.05) is 0 Å². The Morgan fingerprint density at radius 2 is 2.08 bits per heavy atom. The fourth-order valence-corrected chi connectivity index (χ4v) is 2.41. The van der Waals surface area contributed by atoms with E-state index in [9.17, 15) is 0 Å². The van der Waals surface area contributed by atoms with Crippen molar-refractivity contribution < 1.29 is 4.74 Å². The second kappa shape index (κ2) is 3.34. The second-order valence-electron chi connectivity index (χ2n) is 3.67. The molecule has 0 saturated heterocycles. The Kier molecular flexibility index (Phi) is 2.20. The van der Waals surface area contributed by atoms with Crippen LogP contribution in [-0.2, 0) is 4.74 Å². The van der Waals surface area contributed by atoms with Crippen LogP contribution < -0.4 is 0 Å². The minimum absolute atomic E-state index is 0.387. The third-order valence-corrected chi connectivity index (χ3v) is 2.99. The molecule has 0 bridgehead atoms. The molecule has 0 N–H and O–H groups in total. The van der Waals surface area contributed by atoms with E-state index in [1.165, 1.54) is 38.5 Å². The molecule has 0 aromatic carbocycles. The molecule has 0 aliphatic heterocycles. The van der Waals surface area contributed by atoms with Gasteiger partial charge in [-0.05, 0) is 44.1 Å². The Morgan fingerprint density at radius 3 is 2.92 bits per heavy atom. The van der Waals surface area contributed by atoms with Crippen LogP contribution in [0.3, 0.4) is 0 Å². The van der Waals surface area contributed by atoms with Gasteiger partial charge in [-0.25, -0.2) is 0 Å². The maximum Gasteiger partial charge on any atom is 0.119 e. The van der Waals surface area contributed by atoms with E-state index in [-0.39, 0.29) is 0 Å². The van der Waals surface area contributed by atoms with Crippen LogP contribution in [0, 0.1) is 0 Å². The molecule has 12 heavy (non-hydrogen) atoms. The minimum Gasteiger partial charge on any atom is -0.494 e. The van der Waals surface area contributed by atoms with Crippen LogP contribution in [-0.4, -0.2) is 6.10 Å². The summed E-state index contributed by atoms with van der Waals surface area (Å²) < 4.78 is 5.48. The number of ether oxygens (including phenoxy) is 1. The van der Waals surface area contributed by atoms with E-state index in [2.05, 4.69) is 6.58 Å². The van der Waals surface area contributed by atoms with E-state index in [1.54, 1.807) is 17.4 Å². The van der Waals surface area contributed by atoms with Gasteiger partial charge in [-0.15, -0.1) is 0 Å². The van der Waals surface area contributed by atoms with Gasteiger partial charge in [0.05, 0.1) is 6.26 Å². The van der Waals surface area contributed by atoms with E-state index in [0.717, 1.165) is 0 Å². The fourth-order valence-electron chi connectivity index (χ4n) is 2.41. The summed E-state index contributed by atoms with van der Waals surface area (Å²) in [5, 5.41) is 0. The predicted molar refractivity (Wildman–Crippen MR) is 49.8 cm³/mol. The first kappa shape index (κ1) is 7.90. The van der Waals surface area contributed by atoms with Crippen molar-refractivity contribution in [2.24, 2.45) is 0 Å². The van der Waals surface area contributed by atoms with Crippen molar-refractivity contribution in [2.45, 2.75) is 44.6 Å². The van der Waals surface area contributed by atoms with Gasteiger partial charge >= 0.3 is 0 Å². The van der Waals surface area contributed by atoms with Gasteiger partial charge in [-0.2, -0.15) is 0 Å². The summed E-state index contributed by atoms with van der Waals surface area (Å²) in [5.41, 5.74) is 3.29. The summed E-state index contributed by atoms with van der Waals surface area (Å²) in [6.45, 7) is 3.62. The highest BCUT2D eigenvalue weighted by atomic mass is 16.5. The molecule has 0 amide bonds. The third kappa shape index (κ3) is 1.28. The Hall–Kier alpha value is -0.720. The molecule has 2 rings (SSSR count). The van der Waals surface area contributed by atoms with Gasteiger partial charge in [-0.1, -0.05) is 12.2 Å². The van der Waals surface area contributed by atoms with E-state index in [0.29, 0.717) is 6.10 Å². The van der Waals surface area contributed by atoms with Crippen molar-refractivity contribution in [3.63, 3.8) is 0 Å². The predicted octanol–water partition coefficient (Wildman–Crippen LogP) is 3.18. The van der Waals surface area contributed by atoms with Gasteiger partial charge in [0.1, 0.15) is 6.10 Å². The molecule has 0 aromatic rings. The van der Waals surface area contributed by atoms with Gasteiger partial charge in [0.25, 0.3) is 0 Å². The van der Waals surface area contributed by atoms with E-state index in [4.69, 9.17) is 4.74 Å². The van der Waals surface area contributed by atoms with E-state index >= 15 is 0 Å². The third-order valence-electron chi connectivity index (χ3n) is 2.99. The van der Waals surface area contributed by atoms with Gasteiger partial charge in [0, 0.05) is 0 Å². The van der Waals surface area contributed by atoms with Crippen molar-refractivity contribution in [3.8, 4) is 0 Å². The number of rotatable bonds is 2. The zero-order valence-corrected chi connectivity index (χ0v) is 7.51. The average molecular weight is 164 g/mol. The fraction of sp³-hybridized carbons (Fsp3) is 0.636. The van der Waals surface area contributed by atoms with Crippen LogP contribution in [0.15, 0.2) is 24.0 Å². The highest BCUT2D eigenvalue weighted by Gasteiger charge is 2.27. The molecule has 1 atom stereocenters. The van der Waals surface area contributed by atoms with Crippen LogP contribution in [0.5, 0.6) is 0 Å². The Bertz CT molecular complexity index is 215. The number of allylic oxidation sites excluding steroid dienone is 1. The molecule has 0 aromatic heterocycles. The number of hydrogen-bond acceptors (Lipinski definition) is 1. The van der Waals surface area contributed by atoms with Gasteiger partial charge < -0.3 is 4.74 Å². The summed E-state index contributed by atoms with van der Waals surface area (Å²) in [6.07, 6.45) is 9.79. The molecule has 0 spiro atoms. The Balaban J connectivity index is 2.10. The van der Waals surface area contributed by atoms with Crippen LogP contribution in [0.25, 0.3) is 0 Å². The quantitative estimate of drug-likeness (QED) is 0.450. The molecule has 1 nitrogen and oxygen atoms in total. The molecule has 2 aliphatic rings. The summed E-state index contributed by atoms with van der Waals surface area (Å²) in [4.78, 5) is 0. The van der Waals surface area contributed by atoms with Crippen molar-refractivity contribution in [1.29, 1.82) is 0 Å². The number of hydrogen-bond donors (Lipinski definition) is 0. The molecule has 66 valence electrons. The second-order valence-corrected chi connectivity index (χ2v) is 3.67. The molecule has 0 saturated carbocycles. The molecule has 0 heterocycles. The highest BCUT2D eigenvalue weighted by molar-refractivity contribution is 5.26. The molecule has 1 unspecified atom stereocenters. The lowest BCUT2D eigenvalue weighted by atomic mass is 9.93. The molecule has 1 heteroatoms. The largest absolute Gasteiger partial charge is 0.494 e. The van der Waals surface area contributed by atoms with Crippen LogP contribution >= 0.6 is 0 Å². The zero-order valence-electron chi connectivity index (χ0n) is 7.51. The summed E-state index contributed by atoms with van der Waals surface area (Å²) in [6, 6.07) is 0. The average Bonchev–Trinajstić information content (AvgIpc) is 2.50. The van der Waals surface area contributed by atoms with Crippen molar-refractivity contribution in [2.75, 3.05) is 0 Å². The summed E-state index contributed by atoms with van der Waals surface area (Å²) in [7, 11) is 0. The first-order valence-corrected chi connectivity index (χ1v) is 4.89. The van der Waals surface area contributed by atoms with Crippen LogP contribution in [0.1, 0.15) is 38.5 Å². The SMILES string of the molecule is C=COC1CCC2=C1CCCC2. The van der Waals surface area contributed by atoms with Crippen LogP contribution in [0.4, 0.5) is 0 Å². The zero-order chi connectivity index (χ0) is 8.39. The van der Waals surface area contributed by atoms with Crippen molar-refractivity contribution in [1.82, 2.24) is 0 Å². The van der Waals surface area contributed by atoms with Crippen molar-refractivity contribution >= 4 is 0 Å². The topological polar surface area (TPSA) is 9.23 Å². The lowest BCUT2D eigenvalue weighted by molar-refractivity contribution is 0.174. The Labute approximate surface area is 74.1 Å².